The van der Waals surface area contributed by atoms with Crippen molar-refractivity contribution in [2.75, 3.05) is 17.7 Å². The zero-order valence-corrected chi connectivity index (χ0v) is 10.6. The predicted octanol–water partition coefficient (Wildman–Crippen LogP) is 2.56. The monoisotopic (exact) mass is 240 g/mol. The van der Waals surface area contributed by atoms with Crippen LogP contribution in [-0.4, -0.2) is 18.1 Å². The number of nitrogen functional groups attached to an aromatic ring is 1. The topological polar surface area (TPSA) is 65.9 Å². The van der Waals surface area contributed by atoms with E-state index < -0.39 is 0 Å². The first-order chi connectivity index (χ1) is 8.65. The largest absolute Gasteiger partial charge is 0.397 e. The van der Waals surface area contributed by atoms with E-state index in [0.717, 1.165) is 16.6 Å². The van der Waals surface area contributed by atoms with Crippen molar-refractivity contribution in [1.29, 1.82) is 5.26 Å². The van der Waals surface area contributed by atoms with Gasteiger partial charge in [-0.25, -0.2) is 0 Å². The van der Waals surface area contributed by atoms with E-state index in [4.69, 9.17) is 11.0 Å². The van der Waals surface area contributed by atoms with Crippen LogP contribution in [0.4, 0.5) is 11.4 Å². The standard InChI is InChI=1S/C14H16N4/c1-10(7-8-15)18(2)13-6-5-12(16)14-11(13)4-3-9-17-14/h3-6,9-10H,7,16H2,1-2H3. The summed E-state index contributed by atoms with van der Waals surface area (Å²) < 4.78 is 0. The molecule has 0 bridgehead atoms. The lowest BCUT2D eigenvalue weighted by Crippen LogP contribution is -2.28. The quantitative estimate of drug-likeness (QED) is 0.837. The van der Waals surface area contributed by atoms with Gasteiger partial charge in [0.2, 0.25) is 0 Å². The van der Waals surface area contributed by atoms with Gasteiger partial charge in [0.15, 0.2) is 0 Å². The Balaban J connectivity index is 2.52. The van der Waals surface area contributed by atoms with Crippen LogP contribution in [-0.2, 0) is 0 Å². The van der Waals surface area contributed by atoms with Gasteiger partial charge in [-0.05, 0) is 31.2 Å². The number of nitrogens with zero attached hydrogens (tertiary/aromatic N) is 3. The molecule has 0 radical (unpaired) electrons. The van der Waals surface area contributed by atoms with Crippen LogP contribution < -0.4 is 10.6 Å². The molecule has 1 aromatic heterocycles. The molecule has 18 heavy (non-hydrogen) atoms. The molecule has 4 heteroatoms. The summed E-state index contributed by atoms with van der Waals surface area (Å²) in [6.45, 7) is 2.03. The summed E-state index contributed by atoms with van der Waals surface area (Å²) in [6, 6.07) is 10.1. The molecule has 0 aliphatic carbocycles. The number of fused-ring (bicyclic) bond motifs is 1. The van der Waals surface area contributed by atoms with Gasteiger partial charge >= 0.3 is 0 Å². The second-order valence-corrected chi connectivity index (χ2v) is 4.40. The van der Waals surface area contributed by atoms with Crippen LogP contribution in [0, 0.1) is 11.3 Å². The molecule has 2 aromatic rings. The van der Waals surface area contributed by atoms with Gasteiger partial charge in [-0.15, -0.1) is 0 Å². The number of nitriles is 1. The van der Waals surface area contributed by atoms with Gasteiger partial charge in [-0.1, -0.05) is 0 Å². The molecule has 0 saturated heterocycles. The highest BCUT2D eigenvalue weighted by Gasteiger charge is 2.13. The van der Waals surface area contributed by atoms with Crippen LogP contribution in [0.5, 0.6) is 0 Å². The molecule has 1 aromatic carbocycles. The molecule has 0 spiro atoms. The third-order valence-electron chi connectivity index (χ3n) is 3.21. The number of pyridine rings is 1. The Labute approximate surface area is 107 Å². The van der Waals surface area contributed by atoms with Crippen molar-refractivity contribution < 1.29 is 0 Å². The normalized spacial score (nSPS) is 12.1. The zero-order valence-electron chi connectivity index (χ0n) is 10.6. The fraction of sp³-hybridized carbons (Fsp3) is 0.286. The Morgan fingerprint density at radius 1 is 1.44 bits per heavy atom. The smallest absolute Gasteiger partial charge is 0.0951 e. The van der Waals surface area contributed by atoms with Crippen LogP contribution in [0.25, 0.3) is 10.9 Å². The highest BCUT2D eigenvalue weighted by molar-refractivity contribution is 5.98. The van der Waals surface area contributed by atoms with Gasteiger partial charge < -0.3 is 10.6 Å². The Hall–Kier alpha value is -2.28. The van der Waals surface area contributed by atoms with E-state index in [1.54, 1.807) is 6.20 Å². The van der Waals surface area contributed by atoms with Gasteiger partial charge in [-0.3, -0.25) is 4.98 Å². The van der Waals surface area contributed by atoms with Gasteiger partial charge in [-0.2, -0.15) is 5.26 Å². The minimum absolute atomic E-state index is 0.155. The Kier molecular flexibility index (Phi) is 3.33. The maximum absolute atomic E-state index is 8.78. The number of aromatic nitrogens is 1. The van der Waals surface area contributed by atoms with E-state index in [1.807, 2.05) is 38.2 Å². The highest BCUT2D eigenvalue weighted by atomic mass is 15.1. The van der Waals surface area contributed by atoms with E-state index in [2.05, 4.69) is 16.0 Å². The third kappa shape index (κ3) is 2.07. The number of anilines is 2. The van der Waals surface area contributed by atoms with Gasteiger partial charge in [0, 0.05) is 30.4 Å². The SMILES string of the molecule is CC(CC#N)N(C)c1ccc(N)c2ncccc12. The number of nitrogens with two attached hydrogens (primary N) is 1. The molecule has 0 saturated carbocycles. The van der Waals surface area contributed by atoms with E-state index in [1.165, 1.54) is 0 Å². The lowest BCUT2D eigenvalue weighted by molar-refractivity contribution is 0.705. The van der Waals surface area contributed by atoms with Crippen LogP contribution in [0.3, 0.4) is 0 Å². The van der Waals surface area contributed by atoms with Gasteiger partial charge in [0.05, 0.1) is 23.7 Å². The Bertz CT molecular complexity index is 600. The van der Waals surface area contributed by atoms with Gasteiger partial charge in [0.1, 0.15) is 0 Å². The Morgan fingerprint density at radius 2 is 2.22 bits per heavy atom. The summed E-state index contributed by atoms with van der Waals surface area (Å²) >= 11 is 0. The second kappa shape index (κ2) is 4.92. The fourth-order valence-electron chi connectivity index (χ4n) is 1.99. The summed E-state index contributed by atoms with van der Waals surface area (Å²) in [7, 11) is 1.99. The summed E-state index contributed by atoms with van der Waals surface area (Å²) in [5.74, 6) is 0. The second-order valence-electron chi connectivity index (χ2n) is 4.40. The molecule has 0 aliphatic heterocycles. The minimum Gasteiger partial charge on any atom is -0.397 e. The van der Waals surface area contributed by atoms with Crippen LogP contribution in [0.1, 0.15) is 13.3 Å². The number of hydrogen-bond acceptors (Lipinski definition) is 4. The third-order valence-corrected chi connectivity index (χ3v) is 3.21. The van der Waals surface area contributed by atoms with E-state index in [-0.39, 0.29) is 6.04 Å². The fourth-order valence-corrected chi connectivity index (χ4v) is 1.99. The minimum atomic E-state index is 0.155. The van der Waals surface area contributed by atoms with Crippen molar-refractivity contribution in [3.05, 3.63) is 30.5 Å². The summed E-state index contributed by atoms with van der Waals surface area (Å²) in [5, 5.41) is 9.80. The van der Waals surface area contributed by atoms with E-state index >= 15 is 0 Å². The van der Waals surface area contributed by atoms with Crippen molar-refractivity contribution in [2.45, 2.75) is 19.4 Å². The molecule has 0 aliphatic rings. The molecule has 2 rings (SSSR count). The zero-order chi connectivity index (χ0) is 13.1. The van der Waals surface area contributed by atoms with Crippen LogP contribution in [0.2, 0.25) is 0 Å². The van der Waals surface area contributed by atoms with Crippen molar-refractivity contribution in [3.63, 3.8) is 0 Å². The van der Waals surface area contributed by atoms with E-state index in [9.17, 15) is 0 Å². The number of rotatable bonds is 3. The van der Waals surface area contributed by atoms with Crippen LogP contribution in [0.15, 0.2) is 30.5 Å². The summed E-state index contributed by atoms with van der Waals surface area (Å²) in [6.07, 6.45) is 2.23. The molecule has 1 unspecified atom stereocenters. The highest BCUT2D eigenvalue weighted by Crippen LogP contribution is 2.30. The number of benzene rings is 1. The Morgan fingerprint density at radius 3 is 2.94 bits per heavy atom. The summed E-state index contributed by atoms with van der Waals surface area (Å²) in [4.78, 5) is 6.40. The molecular formula is C14H16N4. The molecule has 92 valence electrons. The maximum atomic E-state index is 8.78. The molecule has 0 fully saturated rings. The average molecular weight is 240 g/mol. The lowest BCUT2D eigenvalue weighted by Gasteiger charge is -2.26. The molecule has 4 nitrogen and oxygen atoms in total. The van der Waals surface area contributed by atoms with Crippen molar-refractivity contribution in [3.8, 4) is 6.07 Å². The van der Waals surface area contributed by atoms with Crippen LogP contribution >= 0.6 is 0 Å². The average Bonchev–Trinajstić information content (AvgIpc) is 2.39. The predicted molar refractivity (Wildman–Crippen MR) is 74.3 cm³/mol. The van der Waals surface area contributed by atoms with Crippen molar-refractivity contribution >= 4 is 22.3 Å². The molecule has 0 amide bonds. The molecule has 2 N–H and O–H groups in total. The maximum Gasteiger partial charge on any atom is 0.0951 e. The molecule has 1 atom stereocenters. The molecule has 1 heterocycles. The first kappa shape index (κ1) is 12.2. The van der Waals surface area contributed by atoms with Crippen molar-refractivity contribution in [2.24, 2.45) is 0 Å². The first-order valence-corrected chi connectivity index (χ1v) is 5.88. The molecular weight excluding hydrogens is 224 g/mol. The lowest BCUT2D eigenvalue weighted by atomic mass is 10.1. The van der Waals surface area contributed by atoms with Gasteiger partial charge in [0.25, 0.3) is 0 Å². The summed E-state index contributed by atoms with van der Waals surface area (Å²) in [5.41, 5.74) is 8.47. The first-order valence-electron chi connectivity index (χ1n) is 5.88. The number of hydrogen-bond donors (Lipinski definition) is 1. The van der Waals surface area contributed by atoms with E-state index in [0.29, 0.717) is 12.1 Å². The van der Waals surface area contributed by atoms with Crippen molar-refractivity contribution in [1.82, 2.24) is 4.98 Å².